The van der Waals surface area contributed by atoms with Crippen molar-refractivity contribution in [3.05, 3.63) is 97.2 Å². The van der Waals surface area contributed by atoms with Crippen LogP contribution in [0.5, 0.6) is 0 Å². The van der Waals surface area contributed by atoms with E-state index in [9.17, 15) is 9.59 Å². The first-order chi connectivity index (χ1) is 34.6. The van der Waals surface area contributed by atoms with Crippen molar-refractivity contribution in [2.75, 3.05) is 19.8 Å². The molecule has 0 N–H and O–H groups in total. The van der Waals surface area contributed by atoms with Gasteiger partial charge in [0.25, 0.3) is 0 Å². The Hall–Kier alpha value is -3.18. The number of unbranched alkanes of at least 4 members (excludes halogenated alkanes) is 27. The summed E-state index contributed by atoms with van der Waals surface area (Å²) in [6.07, 6.45) is 81.6. The highest BCUT2D eigenvalue weighted by Crippen LogP contribution is 2.15. The van der Waals surface area contributed by atoms with Gasteiger partial charge < -0.3 is 14.2 Å². The number of hydrogen-bond acceptors (Lipinski definition) is 5. The average Bonchev–Trinajstić information content (AvgIpc) is 3.36. The molecule has 5 nitrogen and oxygen atoms in total. The van der Waals surface area contributed by atoms with E-state index in [-0.39, 0.29) is 25.2 Å². The number of hydrogen-bond donors (Lipinski definition) is 0. The van der Waals surface area contributed by atoms with Crippen LogP contribution in [0.3, 0.4) is 0 Å². The van der Waals surface area contributed by atoms with Crippen LogP contribution in [-0.2, 0) is 23.8 Å². The van der Waals surface area contributed by atoms with Crippen LogP contribution in [0, 0.1) is 0 Å². The number of ether oxygens (including phenoxy) is 3. The maximum Gasteiger partial charge on any atom is 0.306 e. The molecule has 0 bridgehead atoms. The van der Waals surface area contributed by atoms with E-state index < -0.39 is 6.10 Å². The van der Waals surface area contributed by atoms with Crippen molar-refractivity contribution in [3.8, 4) is 0 Å². The van der Waals surface area contributed by atoms with Crippen LogP contribution < -0.4 is 0 Å². The van der Waals surface area contributed by atoms with Crippen LogP contribution in [0.25, 0.3) is 0 Å². The van der Waals surface area contributed by atoms with Crippen molar-refractivity contribution in [1.82, 2.24) is 0 Å². The number of rotatable bonds is 54. The van der Waals surface area contributed by atoms with Crippen molar-refractivity contribution < 1.29 is 23.8 Å². The van der Waals surface area contributed by atoms with Gasteiger partial charge in [0.05, 0.1) is 6.61 Å². The second-order valence-electron chi connectivity index (χ2n) is 19.5. The first-order valence-electron chi connectivity index (χ1n) is 29.8. The summed E-state index contributed by atoms with van der Waals surface area (Å²) in [6.45, 7) is 7.64. The molecule has 402 valence electrons. The highest BCUT2D eigenvalue weighted by Gasteiger charge is 2.17. The third-order valence-electron chi connectivity index (χ3n) is 12.6. The van der Waals surface area contributed by atoms with E-state index in [2.05, 4.69) is 112 Å². The van der Waals surface area contributed by atoms with E-state index in [0.29, 0.717) is 25.9 Å². The molecule has 0 amide bonds. The fourth-order valence-electron chi connectivity index (χ4n) is 8.21. The second kappa shape index (κ2) is 60.1. The molecular formula is C65H112O5. The van der Waals surface area contributed by atoms with Gasteiger partial charge in [0.15, 0.2) is 6.10 Å². The Morgan fingerprint density at radius 1 is 0.329 bits per heavy atom. The maximum atomic E-state index is 12.9. The van der Waals surface area contributed by atoms with Gasteiger partial charge >= 0.3 is 11.9 Å². The van der Waals surface area contributed by atoms with E-state index in [4.69, 9.17) is 14.2 Å². The minimum atomic E-state index is -0.573. The highest BCUT2D eigenvalue weighted by atomic mass is 16.6. The van der Waals surface area contributed by atoms with E-state index in [1.165, 1.54) is 161 Å². The molecule has 0 aromatic rings. The van der Waals surface area contributed by atoms with Crippen LogP contribution >= 0.6 is 0 Å². The van der Waals surface area contributed by atoms with Crippen molar-refractivity contribution in [1.29, 1.82) is 0 Å². The molecule has 0 radical (unpaired) electrons. The Morgan fingerprint density at radius 3 is 1.11 bits per heavy atom. The van der Waals surface area contributed by atoms with Crippen LogP contribution in [0.4, 0.5) is 0 Å². The minimum Gasteiger partial charge on any atom is -0.462 e. The van der Waals surface area contributed by atoms with Crippen molar-refractivity contribution in [2.45, 2.75) is 284 Å². The molecular weight excluding hydrogens is 861 g/mol. The average molecular weight is 974 g/mol. The number of allylic oxidation sites excluding steroid dienone is 16. The summed E-state index contributed by atoms with van der Waals surface area (Å²) < 4.78 is 17.4. The molecule has 1 unspecified atom stereocenters. The van der Waals surface area contributed by atoms with Crippen molar-refractivity contribution in [3.63, 3.8) is 0 Å². The van der Waals surface area contributed by atoms with Gasteiger partial charge in [-0.25, -0.2) is 0 Å². The predicted molar refractivity (Wildman–Crippen MR) is 306 cm³/mol. The van der Waals surface area contributed by atoms with Gasteiger partial charge in [-0.2, -0.15) is 0 Å². The normalized spacial score (nSPS) is 12.9. The molecule has 0 saturated carbocycles. The number of carbonyl (C=O) groups is 2. The van der Waals surface area contributed by atoms with Crippen LogP contribution in [0.1, 0.15) is 278 Å². The van der Waals surface area contributed by atoms with E-state index >= 15 is 0 Å². The zero-order chi connectivity index (χ0) is 50.6. The summed E-state index contributed by atoms with van der Waals surface area (Å²) in [5, 5.41) is 0. The zero-order valence-corrected chi connectivity index (χ0v) is 46.3. The van der Waals surface area contributed by atoms with Crippen LogP contribution in [-0.4, -0.2) is 37.9 Å². The Bertz CT molecular complexity index is 1330. The van der Waals surface area contributed by atoms with E-state index in [1.54, 1.807) is 0 Å². The fraction of sp³-hybridized carbons (Fsp3) is 0.723. The predicted octanol–water partition coefficient (Wildman–Crippen LogP) is 20.6. The Balaban J connectivity index is 4.39. The summed E-state index contributed by atoms with van der Waals surface area (Å²) in [7, 11) is 0. The largest absolute Gasteiger partial charge is 0.462 e. The molecule has 0 aliphatic rings. The van der Waals surface area contributed by atoms with Gasteiger partial charge in [0.1, 0.15) is 6.61 Å². The summed E-state index contributed by atoms with van der Waals surface area (Å²) >= 11 is 0. The van der Waals surface area contributed by atoms with Gasteiger partial charge in [0.2, 0.25) is 0 Å². The zero-order valence-electron chi connectivity index (χ0n) is 46.3. The summed E-state index contributed by atoms with van der Waals surface area (Å²) in [5.41, 5.74) is 0. The van der Waals surface area contributed by atoms with Crippen LogP contribution in [0.2, 0.25) is 0 Å². The van der Waals surface area contributed by atoms with Gasteiger partial charge in [-0.15, -0.1) is 0 Å². The smallest absolute Gasteiger partial charge is 0.306 e. The number of carbonyl (C=O) groups excluding carboxylic acids is 2. The fourth-order valence-corrected chi connectivity index (χ4v) is 8.21. The van der Waals surface area contributed by atoms with E-state index in [0.717, 1.165) is 77.0 Å². The Kier molecular flexibility index (Phi) is 57.4. The molecule has 0 aliphatic heterocycles. The summed E-state index contributed by atoms with van der Waals surface area (Å²) in [4.78, 5) is 25.5. The van der Waals surface area contributed by atoms with E-state index in [1.807, 2.05) is 6.08 Å². The molecule has 0 spiro atoms. The SMILES string of the molecule is CC/C=C\C/C=C\C/C=C\C/C=C\C/C=C\C/C=C\CCC(=O)OCC(COCCCCCCCCCCCCCCCCCC)OC(=O)CCCCCCCCCCC/C=C\C/C=C\CCCCC. The molecule has 1 atom stereocenters. The third-order valence-corrected chi connectivity index (χ3v) is 12.6. The van der Waals surface area contributed by atoms with Gasteiger partial charge in [-0.05, 0) is 89.9 Å². The number of esters is 2. The lowest BCUT2D eigenvalue weighted by molar-refractivity contribution is -0.162. The van der Waals surface area contributed by atoms with Gasteiger partial charge in [-0.1, -0.05) is 272 Å². The van der Waals surface area contributed by atoms with Crippen molar-refractivity contribution in [2.24, 2.45) is 0 Å². The first kappa shape index (κ1) is 66.8. The molecule has 0 aliphatic carbocycles. The topological polar surface area (TPSA) is 61.8 Å². The molecule has 0 rings (SSSR count). The van der Waals surface area contributed by atoms with Gasteiger partial charge in [0, 0.05) is 19.4 Å². The second-order valence-corrected chi connectivity index (χ2v) is 19.5. The molecule has 0 heterocycles. The molecule has 0 aromatic heterocycles. The molecule has 0 saturated heterocycles. The molecule has 5 heteroatoms. The Morgan fingerprint density at radius 2 is 0.671 bits per heavy atom. The monoisotopic (exact) mass is 973 g/mol. The summed E-state index contributed by atoms with van der Waals surface area (Å²) in [5.74, 6) is -0.492. The molecule has 70 heavy (non-hydrogen) atoms. The quantitative estimate of drug-likeness (QED) is 0.0345. The van der Waals surface area contributed by atoms with Gasteiger partial charge in [-0.3, -0.25) is 9.59 Å². The highest BCUT2D eigenvalue weighted by molar-refractivity contribution is 5.70. The standard InChI is InChI=1S/C65H112O5/c1-4-7-10-13-16-19-22-25-28-31-33-35-37-40-43-46-49-52-55-58-64(66)69-62-63(61-68-60-57-54-51-48-45-42-39-30-27-24-21-18-15-12-9-6-3)70-65(67)59-56-53-50-47-44-41-38-36-34-32-29-26-23-20-17-14-11-8-5-2/h7,10,16-17,19-20,25-26,28-29,33,35,40,43,49,52,63H,4-6,8-9,11-15,18,21-24,27,30-32,34,36-39,41-42,44-48,50-51,53-62H2,1-3H3/b10-7-,19-16-,20-17-,28-25-,29-26-,35-33-,43-40-,52-49-. The lowest BCUT2D eigenvalue weighted by Gasteiger charge is -2.18. The third kappa shape index (κ3) is 57.4. The minimum absolute atomic E-state index is 0.0418. The van der Waals surface area contributed by atoms with Crippen molar-refractivity contribution >= 4 is 11.9 Å². The summed E-state index contributed by atoms with van der Waals surface area (Å²) in [6, 6.07) is 0. The first-order valence-corrected chi connectivity index (χ1v) is 29.8. The molecule has 0 fully saturated rings. The van der Waals surface area contributed by atoms with Crippen LogP contribution in [0.15, 0.2) is 97.2 Å². The maximum absolute atomic E-state index is 12.9. The Labute approximate surface area is 434 Å². The molecule has 0 aromatic carbocycles. The lowest BCUT2D eigenvalue weighted by Crippen LogP contribution is -2.30. The lowest BCUT2D eigenvalue weighted by atomic mass is 10.0.